The van der Waals surface area contributed by atoms with E-state index in [1.807, 2.05) is 6.92 Å². The molecule has 0 N–H and O–H groups in total. The first-order valence-corrected chi connectivity index (χ1v) is 9.69. The lowest BCUT2D eigenvalue weighted by molar-refractivity contribution is -0.141. The number of hydrogen-bond donors (Lipinski definition) is 0. The molecule has 16 heavy (non-hydrogen) atoms. The quantitative estimate of drug-likeness (QED) is 0.590. The van der Waals surface area contributed by atoms with E-state index in [-0.39, 0.29) is 0 Å². The molecule has 0 aliphatic heterocycles. The first-order valence-electron chi connectivity index (χ1n) is 5.06. The molecule has 6 nitrogen and oxygen atoms in total. The molecule has 0 unspecified atom stereocenters. The molecule has 0 aromatic rings. The van der Waals surface area contributed by atoms with E-state index in [2.05, 4.69) is 0 Å². The molecule has 0 atom stereocenters. The molecule has 0 amide bonds. The first kappa shape index (κ1) is 15.3. The van der Waals surface area contributed by atoms with E-state index in [0.29, 0.717) is 13.2 Å². The van der Waals surface area contributed by atoms with Crippen LogP contribution in [0.3, 0.4) is 0 Å². The van der Waals surface area contributed by atoms with Crippen LogP contribution >= 0.6 is 0 Å². The average Bonchev–Trinajstić information content (AvgIpc) is 2.13. The Hall–Kier alpha value is -0.706. The maximum absolute atomic E-state index is 11.0. The fourth-order valence-electron chi connectivity index (χ4n) is 1.07. The number of hydrogen-bond acceptors (Lipinski definition) is 6. The highest BCUT2D eigenvalue weighted by Crippen LogP contribution is 2.10. The molecule has 0 saturated carbocycles. The smallest absolute Gasteiger partial charge is 0.467 e. The molecule has 0 fully saturated rings. The second kappa shape index (κ2) is 7.55. The highest BCUT2D eigenvalue weighted by molar-refractivity contribution is 7.13. The van der Waals surface area contributed by atoms with Gasteiger partial charge in [0.05, 0.1) is 0 Å². The van der Waals surface area contributed by atoms with Crippen molar-refractivity contribution in [1.29, 1.82) is 0 Å². The Morgan fingerprint density at radius 2 is 1.56 bits per heavy atom. The van der Waals surface area contributed by atoms with Gasteiger partial charge in [-0.3, -0.25) is 9.59 Å². The van der Waals surface area contributed by atoms with E-state index in [0.717, 1.165) is 0 Å². The van der Waals surface area contributed by atoms with Crippen LogP contribution in [0.5, 0.6) is 0 Å². The fourth-order valence-corrected chi connectivity index (χ4v) is 6.99. The third kappa shape index (κ3) is 6.00. The van der Waals surface area contributed by atoms with Crippen LogP contribution in [0.1, 0.15) is 27.7 Å². The summed E-state index contributed by atoms with van der Waals surface area (Å²) in [6.07, 6.45) is 0. The van der Waals surface area contributed by atoms with Gasteiger partial charge in [0, 0.05) is 27.1 Å². The summed E-state index contributed by atoms with van der Waals surface area (Å²) in [7, 11) is -4.57. The maximum atomic E-state index is 11.0. The number of rotatable bonds is 7. The highest BCUT2D eigenvalue weighted by Gasteiger charge is 2.48. The average molecular weight is 266 g/mol. The Bertz CT molecular complexity index is 229. The van der Waals surface area contributed by atoms with Crippen molar-refractivity contribution >= 4 is 29.5 Å². The topological polar surface area (TPSA) is 71.1 Å². The van der Waals surface area contributed by atoms with Crippen molar-refractivity contribution in [3.8, 4) is 0 Å². The van der Waals surface area contributed by atoms with E-state index in [4.69, 9.17) is 17.7 Å². The SMILES string of the molecule is CCO[SiH2][Si](OCC)(OC(C)=O)OC(C)=O. The molecule has 0 aliphatic rings. The lowest BCUT2D eigenvalue weighted by Crippen LogP contribution is -2.55. The van der Waals surface area contributed by atoms with Crippen LogP contribution in [0.25, 0.3) is 0 Å². The molecule has 0 radical (unpaired) electrons. The predicted octanol–water partition coefficient (Wildman–Crippen LogP) is -0.295. The maximum Gasteiger partial charge on any atom is 0.622 e. The van der Waals surface area contributed by atoms with Crippen molar-refractivity contribution in [2.24, 2.45) is 0 Å². The van der Waals surface area contributed by atoms with Gasteiger partial charge >= 0.3 is 8.32 Å². The van der Waals surface area contributed by atoms with Crippen LogP contribution < -0.4 is 0 Å². The summed E-state index contributed by atoms with van der Waals surface area (Å²) in [5.41, 5.74) is 0. The van der Waals surface area contributed by atoms with Gasteiger partial charge in [-0.1, -0.05) is 0 Å². The lowest BCUT2D eigenvalue weighted by atomic mass is 10.9. The summed E-state index contributed by atoms with van der Waals surface area (Å²) < 4.78 is 20.7. The fraction of sp³-hybridized carbons (Fsp3) is 0.750. The van der Waals surface area contributed by atoms with Crippen LogP contribution in [0.2, 0.25) is 0 Å². The molecule has 0 aromatic carbocycles. The summed E-state index contributed by atoms with van der Waals surface area (Å²) >= 11 is 0. The Kier molecular flexibility index (Phi) is 7.21. The van der Waals surface area contributed by atoms with Gasteiger partial charge in [-0.2, -0.15) is 0 Å². The van der Waals surface area contributed by atoms with E-state index in [9.17, 15) is 9.59 Å². The van der Waals surface area contributed by atoms with Crippen molar-refractivity contribution in [3.63, 3.8) is 0 Å². The van der Waals surface area contributed by atoms with E-state index < -0.39 is 29.5 Å². The minimum Gasteiger partial charge on any atom is -0.467 e. The monoisotopic (exact) mass is 266 g/mol. The van der Waals surface area contributed by atoms with E-state index >= 15 is 0 Å². The minimum atomic E-state index is -3.23. The van der Waals surface area contributed by atoms with Gasteiger partial charge in [0.2, 0.25) is 0 Å². The number of carbonyl (C=O) groups excluding carboxylic acids is 2. The minimum absolute atomic E-state index is 0.312. The molecule has 0 aliphatic carbocycles. The van der Waals surface area contributed by atoms with Crippen molar-refractivity contribution in [2.75, 3.05) is 13.2 Å². The molecule has 0 aromatic heterocycles. The van der Waals surface area contributed by atoms with Crippen LogP contribution in [0, 0.1) is 0 Å². The Morgan fingerprint density at radius 1 is 1.06 bits per heavy atom. The third-order valence-corrected chi connectivity index (χ3v) is 7.49. The van der Waals surface area contributed by atoms with Gasteiger partial charge < -0.3 is 17.7 Å². The molecule has 0 saturated heterocycles. The van der Waals surface area contributed by atoms with Gasteiger partial charge in [0.15, 0.2) is 0 Å². The summed E-state index contributed by atoms with van der Waals surface area (Å²) in [5.74, 6) is -1.04. The van der Waals surface area contributed by atoms with Crippen LogP contribution in [0.15, 0.2) is 0 Å². The van der Waals surface area contributed by atoms with Gasteiger partial charge in [-0.05, 0) is 13.8 Å². The standard InChI is InChI=1S/C8H18O6Si2/c1-5-11-15-16(12-6-2,13-7(3)9)14-8(4)10/h5-6,15H2,1-4H3. The molecule has 0 heterocycles. The Labute approximate surface area is 98.3 Å². The molecule has 0 rings (SSSR count). The van der Waals surface area contributed by atoms with E-state index in [1.165, 1.54) is 13.8 Å². The zero-order valence-corrected chi connectivity index (χ0v) is 12.5. The zero-order valence-electron chi connectivity index (χ0n) is 10.1. The molecular formula is C8H18O6Si2. The summed E-state index contributed by atoms with van der Waals surface area (Å²) in [4.78, 5) is 22.0. The normalized spacial score (nSPS) is 11.8. The first-order chi connectivity index (χ1) is 7.45. The molecule has 94 valence electrons. The predicted molar refractivity (Wildman–Crippen MR) is 61.1 cm³/mol. The number of carbonyl (C=O) groups is 2. The summed E-state index contributed by atoms with van der Waals surface area (Å²) in [5, 5.41) is 0. The van der Waals surface area contributed by atoms with Crippen molar-refractivity contribution in [2.45, 2.75) is 27.7 Å². The summed E-state index contributed by atoms with van der Waals surface area (Å²) in [6, 6.07) is 0. The lowest BCUT2D eigenvalue weighted by Gasteiger charge is -2.26. The van der Waals surface area contributed by atoms with Crippen molar-refractivity contribution in [1.82, 2.24) is 0 Å². The molecular weight excluding hydrogens is 248 g/mol. The van der Waals surface area contributed by atoms with Gasteiger partial charge in [-0.15, -0.1) is 0 Å². The largest absolute Gasteiger partial charge is 0.622 e. The molecule has 0 bridgehead atoms. The molecule has 8 heteroatoms. The van der Waals surface area contributed by atoms with Gasteiger partial charge in [0.1, 0.15) is 0 Å². The van der Waals surface area contributed by atoms with Crippen molar-refractivity contribution < 1.29 is 27.3 Å². The van der Waals surface area contributed by atoms with E-state index in [1.54, 1.807) is 6.92 Å². The van der Waals surface area contributed by atoms with Gasteiger partial charge in [-0.25, -0.2) is 0 Å². The van der Waals surface area contributed by atoms with Gasteiger partial charge in [0.25, 0.3) is 21.2 Å². The summed E-state index contributed by atoms with van der Waals surface area (Å²) in [6.45, 7) is 6.87. The van der Waals surface area contributed by atoms with Crippen LogP contribution in [-0.2, 0) is 27.3 Å². The van der Waals surface area contributed by atoms with Crippen molar-refractivity contribution in [3.05, 3.63) is 0 Å². The Balaban J connectivity index is 4.71. The zero-order chi connectivity index (χ0) is 12.6. The van der Waals surface area contributed by atoms with Crippen LogP contribution in [-0.4, -0.2) is 42.8 Å². The third-order valence-electron chi connectivity index (χ3n) is 1.45. The van der Waals surface area contributed by atoms with Crippen LogP contribution in [0.4, 0.5) is 0 Å². The highest BCUT2D eigenvalue weighted by atomic mass is 29.2. The molecule has 0 spiro atoms. The second-order valence-electron chi connectivity index (χ2n) is 2.94. The Morgan fingerprint density at radius 3 is 1.88 bits per heavy atom. The second-order valence-corrected chi connectivity index (χ2v) is 9.16.